The third-order valence-electron chi connectivity index (χ3n) is 7.82. The number of alkyl halides is 2. The summed E-state index contributed by atoms with van der Waals surface area (Å²) in [5.74, 6) is -1.85. The maximum absolute atomic E-state index is 15.2. The number of halogens is 5. The third-order valence-corrected chi connectivity index (χ3v) is 9.79. The normalized spacial score (nSPS) is 14.0. The first-order valence-electron chi connectivity index (χ1n) is 14.4. The highest BCUT2D eigenvalue weighted by Crippen LogP contribution is 2.33. The van der Waals surface area contributed by atoms with Crippen LogP contribution in [0.5, 0.6) is 17.2 Å². The number of rotatable bonds is 12. The second-order valence-electron chi connectivity index (χ2n) is 10.9. The lowest BCUT2D eigenvalue weighted by atomic mass is 10.0. The largest absolute Gasteiger partial charge is 0.493 e. The summed E-state index contributed by atoms with van der Waals surface area (Å²) in [7, 11) is -3.12. The molecule has 4 aromatic rings. The van der Waals surface area contributed by atoms with Gasteiger partial charge in [0.25, 0.3) is 5.56 Å². The summed E-state index contributed by atoms with van der Waals surface area (Å²) in [5.41, 5.74) is -1.36. The van der Waals surface area contributed by atoms with E-state index in [0.29, 0.717) is 37.9 Å². The Hall–Kier alpha value is -4.21. The molecule has 48 heavy (non-hydrogen) atoms. The second-order valence-corrected chi connectivity index (χ2v) is 13.2. The Balaban J connectivity index is 1.57. The average Bonchev–Trinajstić information content (AvgIpc) is 3.08. The Morgan fingerprint density at radius 1 is 0.958 bits per heavy atom. The molecule has 1 saturated heterocycles. The van der Waals surface area contributed by atoms with Crippen molar-refractivity contribution in [3.8, 4) is 17.2 Å². The van der Waals surface area contributed by atoms with Crippen molar-refractivity contribution in [2.45, 2.75) is 36.4 Å². The number of likely N-dealkylation sites (tertiary alicyclic amines) is 1. The minimum Gasteiger partial charge on any atom is -0.493 e. The molecule has 0 saturated carbocycles. The molecule has 0 radical (unpaired) electrons. The summed E-state index contributed by atoms with van der Waals surface area (Å²) in [6, 6.07) is 9.08. The summed E-state index contributed by atoms with van der Waals surface area (Å²) < 4.78 is 85.4. The van der Waals surface area contributed by atoms with Crippen molar-refractivity contribution in [2.24, 2.45) is 0 Å². The van der Waals surface area contributed by atoms with Crippen molar-refractivity contribution in [2.75, 3.05) is 33.5 Å². The predicted octanol–water partition coefficient (Wildman–Crippen LogP) is 4.91. The molecule has 1 amide bonds. The molecule has 0 bridgehead atoms. The van der Waals surface area contributed by atoms with Gasteiger partial charge in [-0.2, -0.15) is 8.42 Å². The zero-order chi connectivity index (χ0) is 34.7. The number of piperidine rings is 1. The number of carbonyl (C=O) groups is 1. The van der Waals surface area contributed by atoms with E-state index in [0.717, 1.165) is 22.8 Å². The van der Waals surface area contributed by atoms with Crippen molar-refractivity contribution in [1.82, 2.24) is 14.0 Å². The molecule has 17 heteroatoms. The van der Waals surface area contributed by atoms with Gasteiger partial charge < -0.3 is 18.6 Å². The summed E-state index contributed by atoms with van der Waals surface area (Å²) in [6.45, 7) is -2.22. The van der Waals surface area contributed by atoms with Gasteiger partial charge in [0, 0.05) is 25.2 Å². The van der Waals surface area contributed by atoms with E-state index in [1.807, 2.05) is 0 Å². The van der Waals surface area contributed by atoms with Crippen LogP contribution in [0, 0.1) is 5.82 Å². The molecular weight excluding hydrogens is 702 g/mol. The number of hydrogen-bond donors (Lipinski definition) is 0. The van der Waals surface area contributed by atoms with E-state index >= 15 is 4.39 Å². The van der Waals surface area contributed by atoms with E-state index in [2.05, 4.69) is 0 Å². The summed E-state index contributed by atoms with van der Waals surface area (Å²) in [4.78, 5) is 40.3. The number of fused-ring (bicyclic) bond motifs is 1. The quantitative estimate of drug-likeness (QED) is 0.149. The fraction of sp³-hybridized carbons (Fsp3) is 0.323. The number of nitrogens with zero attached hydrogens (tertiary/aromatic N) is 3. The first kappa shape index (κ1) is 35.1. The molecule has 11 nitrogen and oxygen atoms in total. The zero-order valence-corrected chi connectivity index (χ0v) is 27.5. The number of amides is 1. The van der Waals surface area contributed by atoms with Crippen LogP contribution in [0.15, 0.2) is 63.0 Å². The van der Waals surface area contributed by atoms with Crippen molar-refractivity contribution >= 4 is 50.6 Å². The van der Waals surface area contributed by atoms with E-state index in [4.69, 9.17) is 36.9 Å². The standard InChI is InChI=1S/C31H28Cl2F3N3O8S/c1-45-29-10-18(2-5-27(29)47-48(43,44)21-3-4-23(32)24(33)11-21)16-38-30(41)22-12-28(46-20(14-34)15-35)25(36)13-26(22)39(31(38)42)19-6-8-37(17-40)9-7-19/h2-5,10-13,17,19-20H,6-9,14-16H2,1H3. The Morgan fingerprint density at radius 2 is 1.67 bits per heavy atom. The smallest absolute Gasteiger partial charge is 0.339 e. The highest BCUT2D eigenvalue weighted by Gasteiger charge is 2.27. The van der Waals surface area contributed by atoms with Gasteiger partial charge in [-0.1, -0.05) is 29.3 Å². The van der Waals surface area contributed by atoms with Gasteiger partial charge in [-0.05, 0) is 54.8 Å². The first-order valence-corrected chi connectivity index (χ1v) is 16.6. The number of methoxy groups -OCH3 is 1. The van der Waals surface area contributed by atoms with Crippen LogP contribution in [0.2, 0.25) is 10.0 Å². The lowest BCUT2D eigenvalue weighted by Crippen LogP contribution is -2.44. The number of ether oxygens (including phenoxy) is 2. The molecule has 0 atom stereocenters. The van der Waals surface area contributed by atoms with Crippen molar-refractivity contribution < 1.29 is 40.0 Å². The molecule has 1 aliphatic heterocycles. The van der Waals surface area contributed by atoms with E-state index in [1.54, 1.807) is 0 Å². The molecule has 3 aromatic carbocycles. The Morgan fingerprint density at radius 3 is 2.29 bits per heavy atom. The molecular formula is C31H28Cl2F3N3O8S. The molecule has 0 N–H and O–H groups in total. The number of benzene rings is 3. The topological polar surface area (TPSA) is 126 Å². The van der Waals surface area contributed by atoms with E-state index < -0.39 is 58.4 Å². The maximum atomic E-state index is 15.2. The molecule has 0 unspecified atom stereocenters. The van der Waals surface area contributed by atoms with Gasteiger partial charge in [-0.15, -0.1) is 0 Å². The van der Waals surface area contributed by atoms with Gasteiger partial charge in [0.05, 0.1) is 34.6 Å². The Labute approximate surface area is 282 Å². The first-order chi connectivity index (χ1) is 22.9. The highest BCUT2D eigenvalue weighted by molar-refractivity contribution is 7.87. The fourth-order valence-electron chi connectivity index (χ4n) is 5.36. The minimum absolute atomic E-state index is 0.00417. The molecule has 0 aliphatic carbocycles. The van der Waals surface area contributed by atoms with Gasteiger partial charge in [-0.25, -0.2) is 18.0 Å². The molecule has 2 heterocycles. The lowest BCUT2D eigenvalue weighted by Gasteiger charge is -2.31. The second kappa shape index (κ2) is 14.5. The van der Waals surface area contributed by atoms with E-state index in [9.17, 15) is 31.6 Å². The summed E-state index contributed by atoms with van der Waals surface area (Å²) >= 11 is 11.9. The minimum atomic E-state index is -4.39. The fourth-order valence-corrected chi connectivity index (χ4v) is 6.69. The van der Waals surface area contributed by atoms with E-state index in [-0.39, 0.29) is 43.9 Å². The van der Waals surface area contributed by atoms with Crippen molar-refractivity contribution in [1.29, 1.82) is 0 Å². The van der Waals surface area contributed by atoms with Gasteiger partial charge in [0.1, 0.15) is 18.2 Å². The monoisotopic (exact) mass is 729 g/mol. The Bertz CT molecular complexity index is 2080. The maximum Gasteiger partial charge on any atom is 0.339 e. The van der Waals surface area contributed by atoms with Crippen LogP contribution in [-0.2, 0) is 21.5 Å². The number of aromatic nitrogens is 2. The van der Waals surface area contributed by atoms with Crippen LogP contribution in [0.1, 0.15) is 24.4 Å². The van der Waals surface area contributed by atoms with Gasteiger partial charge in [-0.3, -0.25) is 18.7 Å². The average molecular weight is 731 g/mol. The van der Waals surface area contributed by atoms with Gasteiger partial charge >= 0.3 is 15.8 Å². The number of hydrogen-bond acceptors (Lipinski definition) is 8. The van der Waals surface area contributed by atoms with E-state index in [1.165, 1.54) is 46.9 Å². The van der Waals surface area contributed by atoms with Gasteiger partial charge in [0.2, 0.25) is 6.41 Å². The van der Waals surface area contributed by atoms with Crippen LogP contribution in [-0.4, -0.2) is 68.5 Å². The molecule has 1 aliphatic rings. The van der Waals surface area contributed by atoms with Crippen LogP contribution in [0.4, 0.5) is 13.2 Å². The van der Waals surface area contributed by atoms with Crippen LogP contribution < -0.4 is 24.9 Å². The summed E-state index contributed by atoms with van der Waals surface area (Å²) in [6.07, 6.45) is -0.272. The molecule has 0 spiro atoms. The lowest BCUT2D eigenvalue weighted by molar-refractivity contribution is -0.119. The van der Waals surface area contributed by atoms with Crippen LogP contribution in [0.25, 0.3) is 10.9 Å². The third kappa shape index (κ3) is 7.12. The molecule has 256 valence electrons. The molecule has 1 fully saturated rings. The molecule has 1 aromatic heterocycles. The zero-order valence-electron chi connectivity index (χ0n) is 25.2. The van der Waals surface area contributed by atoms with Crippen molar-refractivity contribution in [3.05, 3.63) is 90.8 Å². The Kier molecular flexibility index (Phi) is 10.6. The predicted molar refractivity (Wildman–Crippen MR) is 171 cm³/mol. The summed E-state index contributed by atoms with van der Waals surface area (Å²) in [5, 5.41) is -0.0139. The van der Waals surface area contributed by atoms with Crippen LogP contribution >= 0.6 is 23.2 Å². The van der Waals surface area contributed by atoms with Crippen molar-refractivity contribution in [3.63, 3.8) is 0 Å². The molecule has 5 rings (SSSR count). The highest BCUT2D eigenvalue weighted by atomic mass is 35.5. The number of carbonyl (C=O) groups excluding carboxylic acids is 1. The SMILES string of the molecule is COc1cc(Cn2c(=O)c3cc(OC(CF)CF)c(F)cc3n(C3CCN(C=O)CC3)c2=O)ccc1OS(=O)(=O)c1ccc(Cl)c(Cl)c1. The van der Waals surface area contributed by atoms with Gasteiger partial charge in [0.15, 0.2) is 29.2 Å². The van der Waals surface area contributed by atoms with Crippen LogP contribution in [0.3, 0.4) is 0 Å².